The Morgan fingerprint density at radius 1 is 1.06 bits per heavy atom. The fourth-order valence-electron chi connectivity index (χ4n) is 3.05. The zero-order valence-corrected chi connectivity index (χ0v) is 18.6. The minimum atomic E-state index is -3.92. The number of anilines is 2. The van der Waals surface area contributed by atoms with E-state index in [0.717, 1.165) is 15.1 Å². The molecule has 3 aromatic rings. The molecule has 3 rings (SSSR count). The monoisotopic (exact) mass is 471 g/mol. The highest BCUT2D eigenvalue weighted by Gasteiger charge is 2.22. The van der Waals surface area contributed by atoms with Crippen molar-refractivity contribution < 1.29 is 18.0 Å². The first-order valence-corrected chi connectivity index (χ1v) is 11.0. The van der Waals surface area contributed by atoms with Crippen LogP contribution < -0.4 is 26.6 Å². The molecular formula is C21H21N5O6S. The van der Waals surface area contributed by atoms with E-state index >= 15 is 0 Å². The zero-order valence-electron chi connectivity index (χ0n) is 17.8. The van der Waals surface area contributed by atoms with Crippen molar-refractivity contribution in [3.05, 3.63) is 87.2 Å². The highest BCUT2D eigenvalue weighted by atomic mass is 32.2. The van der Waals surface area contributed by atoms with E-state index in [4.69, 9.17) is 5.73 Å². The van der Waals surface area contributed by atoms with Crippen LogP contribution in [-0.4, -0.2) is 36.4 Å². The van der Waals surface area contributed by atoms with Gasteiger partial charge in [-0.1, -0.05) is 24.3 Å². The number of rotatable bonds is 7. The second-order valence-corrected chi connectivity index (χ2v) is 9.05. The summed E-state index contributed by atoms with van der Waals surface area (Å²) in [5.41, 5.74) is 3.48. The fraction of sp³-hybridized carbons (Fsp3) is 0.143. The molecule has 172 valence electrons. The number of carbonyl (C=O) groups is 2. The van der Waals surface area contributed by atoms with Gasteiger partial charge in [-0.3, -0.25) is 23.3 Å². The van der Waals surface area contributed by atoms with Crippen molar-refractivity contribution in [2.24, 2.45) is 12.8 Å². The van der Waals surface area contributed by atoms with Crippen LogP contribution in [0.4, 0.5) is 11.4 Å². The molecule has 1 heterocycles. The van der Waals surface area contributed by atoms with Gasteiger partial charge < -0.3 is 15.6 Å². The number of benzene rings is 2. The molecule has 0 aliphatic heterocycles. The number of nitrogens with zero attached hydrogens (tertiary/aromatic N) is 3. The second-order valence-electron chi connectivity index (χ2n) is 7.08. The summed E-state index contributed by atoms with van der Waals surface area (Å²) in [5, 5.41) is 2.46. The van der Waals surface area contributed by atoms with E-state index in [1.54, 1.807) is 30.3 Å². The summed E-state index contributed by atoms with van der Waals surface area (Å²) in [6.45, 7) is -0.701. The van der Waals surface area contributed by atoms with Gasteiger partial charge in [0.2, 0.25) is 5.91 Å². The van der Waals surface area contributed by atoms with Crippen molar-refractivity contribution in [2.45, 2.75) is 11.4 Å². The lowest BCUT2D eigenvalue weighted by atomic mass is 10.3. The van der Waals surface area contributed by atoms with Crippen LogP contribution in [0.2, 0.25) is 0 Å². The number of nitrogens with one attached hydrogen (secondary N) is 1. The van der Waals surface area contributed by atoms with Crippen molar-refractivity contribution in [1.82, 2.24) is 9.13 Å². The molecule has 0 aliphatic rings. The van der Waals surface area contributed by atoms with Gasteiger partial charge in [0.25, 0.3) is 21.5 Å². The highest BCUT2D eigenvalue weighted by molar-refractivity contribution is 7.92. The predicted molar refractivity (Wildman–Crippen MR) is 122 cm³/mol. The van der Waals surface area contributed by atoms with E-state index in [0.29, 0.717) is 10.3 Å². The first-order valence-electron chi connectivity index (χ1n) is 9.56. The van der Waals surface area contributed by atoms with Gasteiger partial charge in [0, 0.05) is 26.0 Å². The maximum atomic E-state index is 13.0. The van der Waals surface area contributed by atoms with Crippen molar-refractivity contribution in [1.29, 1.82) is 0 Å². The molecule has 0 aliphatic carbocycles. The van der Waals surface area contributed by atoms with Gasteiger partial charge in [0.1, 0.15) is 12.1 Å². The maximum Gasteiger partial charge on any atom is 0.331 e. The highest BCUT2D eigenvalue weighted by Crippen LogP contribution is 2.23. The Bertz CT molecular complexity index is 1440. The summed E-state index contributed by atoms with van der Waals surface area (Å²) in [6.07, 6.45) is 0.999. The van der Waals surface area contributed by atoms with Crippen LogP contribution in [-0.2, 0) is 28.4 Å². The molecule has 0 fully saturated rings. The maximum absolute atomic E-state index is 13.0. The molecule has 11 nitrogen and oxygen atoms in total. The van der Waals surface area contributed by atoms with E-state index in [9.17, 15) is 27.6 Å². The van der Waals surface area contributed by atoms with Gasteiger partial charge in [-0.05, 0) is 30.3 Å². The first kappa shape index (κ1) is 23.5. The summed E-state index contributed by atoms with van der Waals surface area (Å²) < 4.78 is 28.6. The lowest BCUT2D eigenvalue weighted by Gasteiger charge is -2.20. The molecule has 0 atom stereocenters. The number of para-hydroxylation sites is 1. The third-order valence-electron chi connectivity index (χ3n) is 4.79. The normalized spacial score (nSPS) is 11.1. The first-order chi connectivity index (χ1) is 15.5. The molecule has 0 bridgehead atoms. The van der Waals surface area contributed by atoms with Crippen LogP contribution in [0.5, 0.6) is 0 Å². The molecule has 12 heteroatoms. The summed E-state index contributed by atoms with van der Waals surface area (Å²) in [4.78, 5) is 48.5. The van der Waals surface area contributed by atoms with Gasteiger partial charge >= 0.3 is 5.69 Å². The van der Waals surface area contributed by atoms with E-state index in [2.05, 4.69) is 5.32 Å². The van der Waals surface area contributed by atoms with Crippen LogP contribution in [0.25, 0.3) is 0 Å². The van der Waals surface area contributed by atoms with Crippen molar-refractivity contribution in [2.75, 3.05) is 16.7 Å². The Kier molecular flexibility index (Phi) is 6.49. The number of sulfonamides is 1. The van der Waals surface area contributed by atoms with Crippen LogP contribution in [0.15, 0.2) is 75.3 Å². The number of nitrogens with two attached hydrogens (primary N) is 1. The van der Waals surface area contributed by atoms with Crippen molar-refractivity contribution in [3.8, 4) is 0 Å². The number of aryl methyl sites for hydroxylation is 1. The van der Waals surface area contributed by atoms with Gasteiger partial charge in [-0.15, -0.1) is 0 Å². The van der Waals surface area contributed by atoms with Crippen LogP contribution in [0.1, 0.15) is 10.4 Å². The third kappa shape index (κ3) is 4.85. The molecular weight excluding hydrogens is 450 g/mol. The van der Waals surface area contributed by atoms with Crippen molar-refractivity contribution >= 4 is 33.2 Å². The summed E-state index contributed by atoms with van der Waals surface area (Å²) in [5.74, 6) is -1.81. The quantitative estimate of drug-likeness (QED) is 0.499. The number of primary amides is 1. The molecule has 2 amide bonds. The smallest absolute Gasteiger partial charge is 0.331 e. The summed E-state index contributed by atoms with van der Waals surface area (Å²) >= 11 is 0. The van der Waals surface area contributed by atoms with Crippen LogP contribution in [0.3, 0.4) is 0 Å². The predicted octanol–water partition coefficient (Wildman–Crippen LogP) is 0.110. The third-order valence-corrected chi connectivity index (χ3v) is 6.58. The average molecular weight is 471 g/mol. The molecule has 0 unspecified atom stereocenters. The molecule has 0 saturated heterocycles. The van der Waals surface area contributed by atoms with Gasteiger partial charge in [-0.2, -0.15) is 0 Å². The fourth-order valence-corrected chi connectivity index (χ4v) is 4.29. The lowest BCUT2D eigenvalue weighted by molar-refractivity contribution is -0.116. The number of hydrogen-bond donors (Lipinski definition) is 2. The van der Waals surface area contributed by atoms with Gasteiger partial charge in [0.15, 0.2) is 0 Å². The molecule has 0 radical (unpaired) electrons. The molecule has 0 saturated carbocycles. The second kappa shape index (κ2) is 9.12. The number of amides is 2. The average Bonchev–Trinajstić information content (AvgIpc) is 2.79. The topological polar surface area (TPSA) is 154 Å². The Morgan fingerprint density at radius 2 is 1.73 bits per heavy atom. The summed E-state index contributed by atoms with van der Waals surface area (Å²) in [6, 6.07) is 14.0. The van der Waals surface area contributed by atoms with Gasteiger partial charge in [-0.25, -0.2) is 13.2 Å². The lowest BCUT2D eigenvalue weighted by Crippen LogP contribution is -2.44. The van der Waals surface area contributed by atoms with E-state index in [1.165, 1.54) is 38.4 Å². The SMILES string of the molecule is CN(c1ccccc1)S(=O)(=O)c1cccc(NC(=O)Cn2c(=O)c(C(N)=O)cn(C)c2=O)c1. The van der Waals surface area contributed by atoms with Crippen LogP contribution >= 0.6 is 0 Å². The molecule has 0 spiro atoms. The Balaban J connectivity index is 1.86. The van der Waals surface area contributed by atoms with Crippen LogP contribution in [0, 0.1) is 0 Å². The zero-order chi connectivity index (χ0) is 24.3. The van der Waals surface area contributed by atoms with E-state index < -0.39 is 45.2 Å². The number of aromatic nitrogens is 2. The minimum absolute atomic E-state index is 0.0736. The largest absolute Gasteiger partial charge is 0.365 e. The summed E-state index contributed by atoms with van der Waals surface area (Å²) in [7, 11) is -1.21. The molecule has 33 heavy (non-hydrogen) atoms. The Morgan fingerprint density at radius 3 is 2.36 bits per heavy atom. The number of hydrogen-bond acceptors (Lipinski definition) is 6. The molecule has 1 aromatic heterocycles. The Labute approximate surface area is 188 Å². The number of carbonyl (C=O) groups excluding carboxylic acids is 2. The van der Waals surface area contributed by atoms with E-state index in [-0.39, 0.29) is 10.6 Å². The van der Waals surface area contributed by atoms with Crippen molar-refractivity contribution in [3.63, 3.8) is 0 Å². The molecule has 2 aromatic carbocycles. The van der Waals surface area contributed by atoms with E-state index in [1.807, 2.05) is 0 Å². The van der Waals surface area contributed by atoms with Gasteiger partial charge in [0.05, 0.1) is 10.6 Å². The standard InChI is InChI=1S/C21H21N5O6S/c1-24-12-17(19(22)28)20(29)26(21(24)30)13-18(27)23-14-7-6-10-16(11-14)33(31,32)25(2)15-8-4-3-5-9-15/h3-12H,13H2,1-2H3,(H2,22,28)(H,23,27). The minimum Gasteiger partial charge on any atom is -0.365 e. The Hall–Kier alpha value is -4.19. The molecule has 3 N–H and O–H groups in total.